The van der Waals surface area contributed by atoms with Crippen molar-refractivity contribution >= 4 is 0 Å². The summed E-state index contributed by atoms with van der Waals surface area (Å²) in [7, 11) is 4.20. The summed E-state index contributed by atoms with van der Waals surface area (Å²) in [5.41, 5.74) is 8.66. The van der Waals surface area contributed by atoms with Crippen LogP contribution in [0.3, 0.4) is 0 Å². The van der Waals surface area contributed by atoms with Crippen LogP contribution in [0, 0.1) is 0 Å². The first-order valence-electron chi connectivity index (χ1n) is 7.92. The van der Waals surface area contributed by atoms with Crippen LogP contribution >= 0.6 is 0 Å². The molecule has 0 spiro atoms. The highest BCUT2D eigenvalue weighted by molar-refractivity contribution is 5.28. The minimum absolute atomic E-state index is 0.0439. The molecule has 21 heavy (non-hydrogen) atoms. The first kappa shape index (κ1) is 16.5. The molecule has 1 aliphatic heterocycles. The Morgan fingerprint density at radius 2 is 2.00 bits per heavy atom. The predicted octanol–water partition coefficient (Wildman–Crippen LogP) is 1.35. The van der Waals surface area contributed by atoms with E-state index in [4.69, 9.17) is 10.8 Å². The molecule has 0 radical (unpaired) electrons. The van der Waals surface area contributed by atoms with Crippen LogP contribution in [-0.2, 0) is 12.5 Å². The van der Waals surface area contributed by atoms with E-state index in [2.05, 4.69) is 50.7 Å². The molecule has 0 saturated carbocycles. The Morgan fingerprint density at radius 1 is 1.33 bits per heavy atom. The highest BCUT2D eigenvalue weighted by Gasteiger charge is 2.32. The van der Waals surface area contributed by atoms with Gasteiger partial charge >= 0.3 is 0 Å². The number of rotatable bonds is 3. The summed E-state index contributed by atoms with van der Waals surface area (Å²) in [5, 5.41) is 4.70. The molecule has 1 aliphatic rings. The van der Waals surface area contributed by atoms with Crippen LogP contribution in [0.25, 0.3) is 0 Å². The molecular formula is C16H31N5. The number of likely N-dealkylation sites (N-methyl/N-ethyl adjacent to an activating group) is 1. The summed E-state index contributed by atoms with van der Waals surface area (Å²) < 4.78 is 1.93. The molecule has 0 bridgehead atoms. The Kier molecular flexibility index (Phi) is 4.76. The van der Waals surface area contributed by atoms with E-state index in [1.54, 1.807) is 0 Å². The molecule has 5 heteroatoms. The zero-order valence-corrected chi connectivity index (χ0v) is 14.4. The smallest absolute Gasteiger partial charge is 0.0726 e. The lowest BCUT2D eigenvalue weighted by Gasteiger charge is -2.41. The van der Waals surface area contributed by atoms with Crippen molar-refractivity contribution in [1.29, 1.82) is 0 Å². The van der Waals surface area contributed by atoms with Crippen LogP contribution in [0.5, 0.6) is 0 Å². The maximum absolute atomic E-state index is 6.14. The van der Waals surface area contributed by atoms with Gasteiger partial charge in [0.2, 0.25) is 0 Å². The van der Waals surface area contributed by atoms with E-state index >= 15 is 0 Å². The third-order valence-electron chi connectivity index (χ3n) is 4.58. The van der Waals surface area contributed by atoms with Gasteiger partial charge in [0.25, 0.3) is 0 Å². The fourth-order valence-corrected chi connectivity index (χ4v) is 3.17. The molecule has 0 aliphatic carbocycles. The summed E-state index contributed by atoms with van der Waals surface area (Å²) in [4.78, 5) is 4.94. The van der Waals surface area contributed by atoms with Gasteiger partial charge in [-0.15, -0.1) is 0 Å². The molecule has 2 atom stereocenters. The van der Waals surface area contributed by atoms with Gasteiger partial charge in [-0.3, -0.25) is 9.58 Å². The molecule has 5 nitrogen and oxygen atoms in total. The monoisotopic (exact) mass is 293 g/mol. The quantitative estimate of drug-likeness (QED) is 0.914. The highest BCUT2D eigenvalue weighted by Crippen LogP contribution is 2.31. The summed E-state index contributed by atoms with van der Waals surface area (Å²) in [6.45, 7) is 12.8. The van der Waals surface area contributed by atoms with Crippen molar-refractivity contribution in [2.24, 2.45) is 12.8 Å². The van der Waals surface area contributed by atoms with Crippen LogP contribution in [0.1, 0.15) is 45.0 Å². The maximum Gasteiger partial charge on any atom is 0.0726 e. The van der Waals surface area contributed by atoms with Crippen molar-refractivity contribution in [2.75, 3.05) is 33.2 Å². The van der Waals surface area contributed by atoms with Crippen molar-refractivity contribution in [2.45, 2.75) is 45.2 Å². The Labute approximate surface area is 129 Å². The summed E-state index contributed by atoms with van der Waals surface area (Å²) in [6.07, 6.45) is 2.15. The molecule has 1 saturated heterocycles. The lowest BCUT2D eigenvalue weighted by Crippen LogP contribution is -2.52. The van der Waals surface area contributed by atoms with Gasteiger partial charge in [-0.05, 0) is 14.0 Å². The van der Waals surface area contributed by atoms with Crippen molar-refractivity contribution < 1.29 is 0 Å². The molecule has 2 unspecified atom stereocenters. The molecule has 1 aromatic rings. The zero-order chi connectivity index (χ0) is 15.8. The second-order valence-electron chi connectivity index (χ2n) is 7.43. The van der Waals surface area contributed by atoms with Crippen LogP contribution < -0.4 is 5.73 Å². The first-order chi connectivity index (χ1) is 9.74. The van der Waals surface area contributed by atoms with Gasteiger partial charge < -0.3 is 10.6 Å². The standard InChI is InChI=1S/C16H31N5/c1-12-10-21(8-7-19(12)5)14(9-17)13-11-20(6)18-15(13)16(2,3)4/h11-12,14H,7-10,17H2,1-6H3. The Balaban J connectivity index is 2.30. The number of piperazine rings is 1. The molecule has 2 N–H and O–H groups in total. The number of aryl methyl sites for hydroxylation is 1. The normalized spacial score (nSPS) is 23.5. The Morgan fingerprint density at radius 3 is 2.52 bits per heavy atom. The third-order valence-corrected chi connectivity index (χ3v) is 4.58. The van der Waals surface area contributed by atoms with Crippen LogP contribution in [0.2, 0.25) is 0 Å². The average Bonchev–Trinajstić information content (AvgIpc) is 2.76. The van der Waals surface area contributed by atoms with Gasteiger partial charge in [-0.2, -0.15) is 5.10 Å². The molecular weight excluding hydrogens is 262 g/mol. The maximum atomic E-state index is 6.14. The Hall–Kier alpha value is -0.910. The lowest BCUT2D eigenvalue weighted by atomic mass is 9.87. The minimum atomic E-state index is 0.0439. The van der Waals surface area contributed by atoms with E-state index in [0.717, 1.165) is 19.6 Å². The largest absolute Gasteiger partial charge is 0.329 e. The van der Waals surface area contributed by atoms with Gasteiger partial charge in [0.15, 0.2) is 0 Å². The average molecular weight is 293 g/mol. The van der Waals surface area contributed by atoms with E-state index in [9.17, 15) is 0 Å². The van der Waals surface area contributed by atoms with Crippen LogP contribution in [0.15, 0.2) is 6.20 Å². The van der Waals surface area contributed by atoms with Gasteiger partial charge in [0.05, 0.1) is 11.7 Å². The predicted molar refractivity (Wildman–Crippen MR) is 87.4 cm³/mol. The SMILES string of the molecule is CC1CN(C(CN)c2cn(C)nc2C(C)(C)C)CCN1C. The van der Waals surface area contributed by atoms with Crippen LogP contribution in [-0.4, -0.2) is 58.8 Å². The van der Waals surface area contributed by atoms with E-state index in [-0.39, 0.29) is 11.5 Å². The van der Waals surface area contributed by atoms with E-state index in [0.29, 0.717) is 12.6 Å². The van der Waals surface area contributed by atoms with Crippen molar-refractivity contribution in [3.8, 4) is 0 Å². The van der Waals surface area contributed by atoms with Crippen molar-refractivity contribution in [3.63, 3.8) is 0 Å². The van der Waals surface area contributed by atoms with Gasteiger partial charge in [0, 0.05) is 56.4 Å². The van der Waals surface area contributed by atoms with Gasteiger partial charge in [-0.25, -0.2) is 0 Å². The topological polar surface area (TPSA) is 50.3 Å². The second-order valence-corrected chi connectivity index (χ2v) is 7.43. The fourth-order valence-electron chi connectivity index (χ4n) is 3.17. The molecule has 1 fully saturated rings. The molecule has 0 aromatic carbocycles. The third kappa shape index (κ3) is 3.47. The molecule has 120 valence electrons. The highest BCUT2D eigenvalue weighted by atomic mass is 15.3. The number of nitrogens with two attached hydrogens (primary N) is 1. The molecule has 2 heterocycles. The number of aromatic nitrogens is 2. The summed E-state index contributed by atoms with van der Waals surface area (Å²) in [6, 6.07) is 0.839. The van der Waals surface area contributed by atoms with E-state index in [1.165, 1.54) is 11.3 Å². The van der Waals surface area contributed by atoms with Crippen molar-refractivity contribution in [3.05, 3.63) is 17.5 Å². The van der Waals surface area contributed by atoms with Gasteiger partial charge in [0.1, 0.15) is 0 Å². The zero-order valence-electron chi connectivity index (χ0n) is 14.4. The lowest BCUT2D eigenvalue weighted by molar-refractivity contribution is 0.0735. The molecule has 2 rings (SSSR count). The first-order valence-corrected chi connectivity index (χ1v) is 7.92. The number of hydrogen-bond donors (Lipinski definition) is 1. The fraction of sp³-hybridized carbons (Fsp3) is 0.812. The summed E-state index contributed by atoms with van der Waals surface area (Å²) in [5.74, 6) is 0. The second kappa shape index (κ2) is 6.07. The summed E-state index contributed by atoms with van der Waals surface area (Å²) >= 11 is 0. The minimum Gasteiger partial charge on any atom is -0.329 e. The van der Waals surface area contributed by atoms with E-state index in [1.807, 2.05) is 11.7 Å². The molecule has 0 amide bonds. The number of nitrogens with zero attached hydrogens (tertiary/aromatic N) is 4. The van der Waals surface area contributed by atoms with Crippen molar-refractivity contribution in [1.82, 2.24) is 19.6 Å². The van der Waals surface area contributed by atoms with Gasteiger partial charge in [-0.1, -0.05) is 20.8 Å². The Bertz CT molecular complexity index is 474. The molecule has 1 aromatic heterocycles. The van der Waals surface area contributed by atoms with Crippen LogP contribution in [0.4, 0.5) is 0 Å². The number of hydrogen-bond acceptors (Lipinski definition) is 4. The van der Waals surface area contributed by atoms with E-state index < -0.39 is 0 Å².